The van der Waals surface area contributed by atoms with E-state index in [0.29, 0.717) is 12.2 Å². The van der Waals surface area contributed by atoms with E-state index in [4.69, 9.17) is 0 Å². The van der Waals surface area contributed by atoms with Crippen LogP contribution in [0, 0.1) is 6.92 Å². The van der Waals surface area contributed by atoms with Crippen LogP contribution in [0.5, 0.6) is 0 Å². The van der Waals surface area contributed by atoms with E-state index in [2.05, 4.69) is 10.3 Å². The van der Waals surface area contributed by atoms with Gasteiger partial charge in [0, 0.05) is 12.7 Å². The van der Waals surface area contributed by atoms with E-state index in [-0.39, 0.29) is 5.91 Å². The topological polar surface area (TPSA) is 45.2 Å². The van der Waals surface area contributed by atoms with E-state index >= 15 is 0 Å². The molecule has 3 aromatic rings. The van der Waals surface area contributed by atoms with E-state index in [1.807, 2.05) is 85.6 Å². The van der Waals surface area contributed by atoms with Crippen molar-refractivity contribution in [3.05, 3.63) is 84.1 Å². The highest BCUT2D eigenvalue weighted by Gasteiger charge is 2.07. The van der Waals surface area contributed by atoms with Crippen LogP contribution in [0.15, 0.2) is 72.9 Å². The number of nitrogens with zero attached hydrogens (tertiary/aromatic N) is 2. The van der Waals surface area contributed by atoms with Crippen molar-refractivity contribution in [3.8, 4) is 0 Å². The van der Waals surface area contributed by atoms with Crippen LogP contribution in [-0.4, -0.2) is 17.9 Å². The predicted molar refractivity (Wildman–Crippen MR) is 102 cm³/mol. The lowest BCUT2D eigenvalue weighted by atomic mass is 10.1. The number of benzene rings is 2. The number of carbonyl (C=O) groups is 1. The number of hydrogen-bond acceptors (Lipinski definition) is 3. The normalized spacial score (nSPS) is 10.3. The van der Waals surface area contributed by atoms with Gasteiger partial charge >= 0.3 is 0 Å². The third-order valence-corrected chi connectivity index (χ3v) is 3.99. The molecular formula is C21H21N3O. The number of amides is 1. The third-order valence-electron chi connectivity index (χ3n) is 3.99. The van der Waals surface area contributed by atoms with Crippen LogP contribution in [0.25, 0.3) is 0 Å². The van der Waals surface area contributed by atoms with E-state index < -0.39 is 0 Å². The second kappa shape index (κ2) is 7.62. The SMILES string of the molecule is Cc1cccc(CC(=O)Nc2ccc(N(C)c3ccccc3)cn2)c1. The second-order valence-corrected chi connectivity index (χ2v) is 6.01. The summed E-state index contributed by atoms with van der Waals surface area (Å²) in [6, 6.07) is 21.8. The number of carbonyl (C=O) groups excluding carboxylic acids is 1. The van der Waals surface area contributed by atoms with Gasteiger partial charge < -0.3 is 10.2 Å². The zero-order valence-electron chi connectivity index (χ0n) is 14.4. The Morgan fingerprint density at radius 2 is 1.80 bits per heavy atom. The lowest BCUT2D eigenvalue weighted by Gasteiger charge is -2.19. The maximum absolute atomic E-state index is 12.2. The average molecular weight is 331 g/mol. The lowest BCUT2D eigenvalue weighted by molar-refractivity contribution is -0.115. The Bertz CT molecular complexity index is 845. The molecular weight excluding hydrogens is 310 g/mol. The van der Waals surface area contributed by atoms with Crippen molar-refractivity contribution >= 4 is 23.1 Å². The third kappa shape index (κ3) is 4.44. The highest BCUT2D eigenvalue weighted by molar-refractivity contribution is 5.91. The van der Waals surface area contributed by atoms with E-state index in [9.17, 15) is 4.79 Å². The molecule has 1 amide bonds. The number of aromatic nitrogens is 1. The Hall–Kier alpha value is -3.14. The van der Waals surface area contributed by atoms with Gasteiger partial charge in [0.25, 0.3) is 0 Å². The summed E-state index contributed by atoms with van der Waals surface area (Å²) in [5, 5.41) is 2.85. The van der Waals surface area contributed by atoms with Gasteiger partial charge in [-0.25, -0.2) is 4.98 Å². The molecule has 126 valence electrons. The second-order valence-electron chi connectivity index (χ2n) is 6.01. The van der Waals surface area contributed by atoms with Gasteiger partial charge in [-0.15, -0.1) is 0 Å². The summed E-state index contributed by atoms with van der Waals surface area (Å²) >= 11 is 0. The van der Waals surface area contributed by atoms with Gasteiger partial charge in [0.1, 0.15) is 5.82 Å². The molecule has 0 aliphatic heterocycles. The molecule has 0 bridgehead atoms. The summed E-state index contributed by atoms with van der Waals surface area (Å²) in [6.07, 6.45) is 2.10. The summed E-state index contributed by atoms with van der Waals surface area (Å²) in [5.74, 6) is 0.491. The minimum atomic E-state index is -0.0673. The van der Waals surface area contributed by atoms with Crippen LogP contribution in [0.1, 0.15) is 11.1 Å². The minimum Gasteiger partial charge on any atom is -0.343 e. The zero-order chi connectivity index (χ0) is 17.6. The standard InChI is InChI=1S/C21H21N3O/c1-16-7-6-8-17(13-16)14-21(25)23-20-12-11-19(15-22-20)24(2)18-9-4-3-5-10-18/h3-13,15H,14H2,1-2H3,(H,22,23,25). The molecule has 0 fully saturated rings. The number of para-hydroxylation sites is 1. The molecule has 25 heavy (non-hydrogen) atoms. The van der Waals surface area contributed by atoms with Crippen LogP contribution in [0.2, 0.25) is 0 Å². The van der Waals surface area contributed by atoms with Crippen molar-refractivity contribution in [2.75, 3.05) is 17.3 Å². The first kappa shape index (κ1) is 16.7. The van der Waals surface area contributed by atoms with Crippen molar-refractivity contribution in [3.63, 3.8) is 0 Å². The average Bonchev–Trinajstić information content (AvgIpc) is 2.62. The molecule has 0 aliphatic rings. The molecule has 0 atom stereocenters. The smallest absolute Gasteiger partial charge is 0.229 e. The van der Waals surface area contributed by atoms with Crippen molar-refractivity contribution in [1.82, 2.24) is 4.98 Å². The molecule has 4 heteroatoms. The highest BCUT2D eigenvalue weighted by Crippen LogP contribution is 2.23. The van der Waals surface area contributed by atoms with E-state index in [1.165, 1.54) is 0 Å². The van der Waals surface area contributed by atoms with Gasteiger partial charge in [0.05, 0.1) is 18.3 Å². The van der Waals surface area contributed by atoms with Gasteiger partial charge in [-0.2, -0.15) is 0 Å². The Balaban J connectivity index is 1.63. The van der Waals surface area contributed by atoms with Gasteiger partial charge in [0.2, 0.25) is 5.91 Å². The lowest BCUT2D eigenvalue weighted by Crippen LogP contribution is -2.16. The van der Waals surface area contributed by atoms with E-state index in [0.717, 1.165) is 22.5 Å². The monoisotopic (exact) mass is 331 g/mol. The Morgan fingerprint density at radius 1 is 1.00 bits per heavy atom. The fourth-order valence-electron chi connectivity index (χ4n) is 2.65. The van der Waals surface area contributed by atoms with Crippen molar-refractivity contribution in [1.29, 1.82) is 0 Å². The number of nitrogens with one attached hydrogen (secondary N) is 1. The zero-order valence-corrected chi connectivity index (χ0v) is 14.4. The molecule has 0 saturated carbocycles. The first-order valence-corrected chi connectivity index (χ1v) is 8.22. The van der Waals surface area contributed by atoms with Crippen molar-refractivity contribution in [2.45, 2.75) is 13.3 Å². The van der Waals surface area contributed by atoms with Crippen LogP contribution >= 0.6 is 0 Å². The van der Waals surface area contributed by atoms with Crippen molar-refractivity contribution < 1.29 is 4.79 Å². The number of pyridine rings is 1. The van der Waals surface area contributed by atoms with Gasteiger partial charge in [0.15, 0.2) is 0 Å². The van der Waals surface area contributed by atoms with Gasteiger partial charge in [-0.05, 0) is 36.8 Å². The first-order valence-electron chi connectivity index (χ1n) is 8.22. The molecule has 0 saturated heterocycles. The van der Waals surface area contributed by atoms with Gasteiger partial charge in [-0.1, -0.05) is 48.0 Å². The van der Waals surface area contributed by atoms with Crippen molar-refractivity contribution in [2.24, 2.45) is 0 Å². The predicted octanol–water partition coefficient (Wildman–Crippen LogP) is 4.34. The van der Waals surface area contributed by atoms with Crippen LogP contribution in [0.4, 0.5) is 17.2 Å². The molecule has 0 spiro atoms. The Kier molecular flexibility index (Phi) is 5.09. The first-order chi connectivity index (χ1) is 12.1. The number of aryl methyl sites for hydroxylation is 1. The fraction of sp³-hybridized carbons (Fsp3) is 0.143. The maximum Gasteiger partial charge on any atom is 0.229 e. The molecule has 2 aromatic carbocycles. The van der Waals surface area contributed by atoms with E-state index in [1.54, 1.807) is 6.20 Å². The Morgan fingerprint density at radius 3 is 2.48 bits per heavy atom. The largest absolute Gasteiger partial charge is 0.343 e. The highest BCUT2D eigenvalue weighted by atomic mass is 16.1. The maximum atomic E-state index is 12.2. The molecule has 0 unspecified atom stereocenters. The van der Waals surface area contributed by atoms with Crippen LogP contribution in [-0.2, 0) is 11.2 Å². The number of hydrogen-bond donors (Lipinski definition) is 1. The fourth-order valence-corrected chi connectivity index (χ4v) is 2.65. The summed E-state index contributed by atoms with van der Waals surface area (Å²) < 4.78 is 0. The molecule has 3 rings (SSSR count). The minimum absolute atomic E-state index is 0.0673. The molecule has 1 N–H and O–H groups in total. The Labute approximate surface area is 148 Å². The van der Waals surface area contributed by atoms with Crippen LogP contribution in [0.3, 0.4) is 0 Å². The molecule has 1 aromatic heterocycles. The number of rotatable bonds is 5. The molecule has 4 nitrogen and oxygen atoms in total. The van der Waals surface area contributed by atoms with Crippen LogP contribution < -0.4 is 10.2 Å². The molecule has 1 heterocycles. The quantitative estimate of drug-likeness (QED) is 0.756. The molecule has 0 aliphatic carbocycles. The molecule has 0 radical (unpaired) electrons. The summed E-state index contributed by atoms with van der Waals surface area (Å²) in [4.78, 5) is 18.6. The number of anilines is 3. The van der Waals surface area contributed by atoms with Gasteiger partial charge in [-0.3, -0.25) is 4.79 Å². The summed E-state index contributed by atoms with van der Waals surface area (Å²) in [5.41, 5.74) is 4.19. The summed E-state index contributed by atoms with van der Waals surface area (Å²) in [7, 11) is 1.99. The summed E-state index contributed by atoms with van der Waals surface area (Å²) in [6.45, 7) is 2.02.